The highest BCUT2D eigenvalue weighted by atomic mass is 35.5. The minimum atomic E-state index is -0.214. The molecule has 1 amide bonds. The average Bonchev–Trinajstić information content (AvgIpc) is 2.74. The molecule has 0 bridgehead atoms. The van der Waals surface area contributed by atoms with Crippen LogP contribution in [0.5, 0.6) is 11.5 Å². The number of rotatable bonds is 3. The van der Waals surface area contributed by atoms with Crippen molar-refractivity contribution in [1.82, 2.24) is 10.4 Å². The summed E-state index contributed by atoms with van der Waals surface area (Å²) in [4.78, 5) is 11.4. The normalized spacial score (nSPS) is 13.3. The van der Waals surface area contributed by atoms with Crippen LogP contribution in [-0.2, 0) is 4.79 Å². The van der Waals surface area contributed by atoms with Crippen molar-refractivity contribution in [1.29, 1.82) is 0 Å². The minimum absolute atomic E-state index is 0.170. The molecule has 96 valence electrons. The maximum absolute atomic E-state index is 11.4. The molecule has 1 aromatic rings. The zero-order valence-corrected chi connectivity index (χ0v) is 10.8. The Morgan fingerprint density at radius 2 is 2.22 bits per heavy atom. The second-order valence-electron chi connectivity index (χ2n) is 3.94. The number of halogens is 1. The predicted molar refractivity (Wildman–Crippen MR) is 68.4 cm³/mol. The van der Waals surface area contributed by atoms with Gasteiger partial charge in [0.2, 0.25) is 6.79 Å². The predicted octanol–water partition coefficient (Wildman–Crippen LogP) is 1.67. The van der Waals surface area contributed by atoms with E-state index in [2.05, 4.69) is 5.43 Å². The number of nitrogens with one attached hydrogen (secondary N) is 1. The van der Waals surface area contributed by atoms with Crippen LogP contribution in [-0.4, -0.2) is 31.8 Å². The van der Waals surface area contributed by atoms with E-state index in [9.17, 15) is 4.79 Å². The van der Waals surface area contributed by atoms with Crippen molar-refractivity contribution in [2.75, 3.05) is 20.9 Å². The number of ether oxygens (including phenoxy) is 2. The molecule has 0 fully saturated rings. The molecule has 1 heterocycles. The number of carbonyl (C=O) groups excluding carboxylic acids is 1. The molecule has 2 rings (SSSR count). The zero-order valence-electron chi connectivity index (χ0n) is 10.1. The van der Waals surface area contributed by atoms with Crippen molar-refractivity contribution >= 4 is 23.6 Å². The molecule has 0 aliphatic carbocycles. The molecule has 0 spiro atoms. The van der Waals surface area contributed by atoms with Crippen LogP contribution in [0.15, 0.2) is 18.2 Å². The molecule has 1 aromatic carbocycles. The number of hydrogen-bond donors (Lipinski definition) is 1. The fraction of sp³-hybridized carbons (Fsp3) is 0.250. The van der Waals surface area contributed by atoms with Crippen LogP contribution in [0.1, 0.15) is 5.56 Å². The van der Waals surface area contributed by atoms with E-state index in [-0.39, 0.29) is 12.7 Å². The van der Waals surface area contributed by atoms with Gasteiger partial charge < -0.3 is 9.47 Å². The summed E-state index contributed by atoms with van der Waals surface area (Å²) in [6, 6.07) is 3.49. The number of fused-ring (bicyclic) bond motifs is 1. The van der Waals surface area contributed by atoms with Crippen molar-refractivity contribution in [2.45, 2.75) is 0 Å². The van der Waals surface area contributed by atoms with E-state index in [4.69, 9.17) is 21.1 Å². The Morgan fingerprint density at radius 3 is 2.94 bits per heavy atom. The van der Waals surface area contributed by atoms with Gasteiger partial charge in [-0.05, 0) is 23.8 Å². The molecule has 5 nitrogen and oxygen atoms in total. The number of hydrogen-bond acceptors (Lipinski definition) is 4. The van der Waals surface area contributed by atoms with Crippen LogP contribution in [0.2, 0.25) is 5.02 Å². The second-order valence-corrected chi connectivity index (χ2v) is 4.35. The van der Waals surface area contributed by atoms with Crippen LogP contribution in [0.4, 0.5) is 0 Å². The molecule has 0 atom stereocenters. The first-order valence-electron chi connectivity index (χ1n) is 5.31. The summed E-state index contributed by atoms with van der Waals surface area (Å²) in [7, 11) is 3.48. The SMILES string of the molecule is CN(C)NC(=O)/C=C/c1cc(Cl)c2c(c1)OCO2. The highest BCUT2D eigenvalue weighted by molar-refractivity contribution is 6.32. The number of hydrazine groups is 1. The fourth-order valence-electron chi connectivity index (χ4n) is 1.51. The van der Waals surface area contributed by atoms with Gasteiger partial charge >= 0.3 is 0 Å². The van der Waals surface area contributed by atoms with Crippen molar-refractivity contribution in [3.05, 3.63) is 28.8 Å². The lowest BCUT2D eigenvalue weighted by Gasteiger charge is -2.08. The summed E-state index contributed by atoms with van der Waals surface area (Å²) in [5.41, 5.74) is 3.37. The van der Waals surface area contributed by atoms with Crippen molar-refractivity contribution in [2.24, 2.45) is 0 Å². The fourth-order valence-corrected chi connectivity index (χ4v) is 1.79. The Hall–Kier alpha value is -1.72. The van der Waals surface area contributed by atoms with Crippen LogP contribution >= 0.6 is 11.6 Å². The smallest absolute Gasteiger partial charge is 0.258 e. The Labute approximate surface area is 110 Å². The van der Waals surface area contributed by atoms with E-state index >= 15 is 0 Å². The Balaban J connectivity index is 2.13. The highest BCUT2D eigenvalue weighted by Crippen LogP contribution is 2.39. The van der Waals surface area contributed by atoms with E-state index < -0.39 is 0 Å². The molecule has 0 unspecified atom stereocenters. The Morgan fingerprint density at radius 1 is 1.44 bits per heavy atom. The van der Waals surface area contributed by atoms with Crippen molar-refractivity contribution in [3.63, 3.8) is 0 Å². The molecule has 1 aliphatic rings. The maximum Gasteiger partial charge on any atom is 0.258 e. The van der Waals surface area contributed by atoms with Gasteiger partial charge in [-0.2, -0.15) is 0 Å². The lowest BCUT2D eigenvalue weighted by Crippen LogP contribution is -2.34. The standard InChI is InChI=1S/C12H13ClN2O3/c1-15(2)14-11(16)4-3-8-5-9(13)12-10(6-8)17-7-18-12/h3-6H,7H2,1-2H3,(H,14,16)/b4-3+. The zero-order chi connectivity index (χ0) is 13.1. The topological polar surface area (TPSA) is 50.8 Å². The molecule has 0 radical (unpaired) electrons. The van der Waals surface area contributed by atoms with Crippen LogP contribution < -0.4 is 14.9 Å². The van der Waals surface area contributed by atoms with Gasteiger partial charge in [0.05, 0.1) is 5.02 Å². The van der Waals surface area contributed by atoms with E-state index in [1.165, 1.54) is 6.08 Å². The largest absolute Gasteiger partial charge is 0.454 e. The lowest BCUT2D eigenvalue weighted by atomic mass is 10.2. The quantitative estimate of drug-likeness (QED) is 0.669. The van der Waals surface area contributed by atoms with Crippen LogP contribution in [0.25, 0.3) is 6.08 Å². The molecule has 0 saturated carbocycles. The number of amides is 1. The van der Waals surface area contributed by atoms with E-state index in [0.29, 0.717) is 16.5 Å². The minimum Gasteiger partial charge on any atom is -0.454 e. The molecule has 18 heavy (non-hydrogen) atoms. The number of benzene rings is 1. The monoisotopic (exact) mass is 268 g/mol. The Bertz CT molecular complexity index is 500. The summed E-state index contributed by atoms with van der Waals surface area (Å²) in [5, 5.41) is 2.04. The van der Waals surface area contributed by atoms with Crippen molar-refractivity contribution < 1.29 is 14.3 Å². The lowest BCUT2D eigenvalue weighted by molar-refractivity contribution is -0.119. The summed E-state index contributed by atoms with van der Waals surface area (Å²) < 4.78 is 10.4. The number of carbonyl (C=O) groups is 1. The van der Waals surface area contributed by atoms with E-state index in [1.807, 2.05) is 0 Å². The van der Waals surface area contributed by atoms with Gasteiger partial charge in [-0.25, -0.2) is 5.01 Å². The molecule has 1 N–H and O–H groups in total. The molecule has 1 aliphatic heterocycles. The van der Waals surface area contributed by atoms with Gasteiger partial charge in [-0.1, -0.05) is 11.6 Å². The second kappa shape index (κ2) is 5.29. The average molecular weight is 269 g/mol. The third-order valence-corrected chi connectivity index (χ3v) is 2.49. The summed E-state index contributed by atoms with van der Waals surface area (Å²) in [6.07, 6.45) is 3.08. The summed E-state index contributed by atoms with van der Waals surface area (Å²) in [5.74, 6) is 0.926. The van der Waals surface area contributed by atoms with Gasteiger partial charge in [0.15, 0.2) is 11.5 Å². The first-order valence-corrected chi connectivity index (χ1v) is 5.69. The van der Waals surface area contributed by atoms with Gasteiger partial charge in [0.25, 0.3) is 5.91 Å². The van der Waals surface area contributed by atoms with Gasteiger partial charge in [0.1, 0.15) is 0 Å². The molecular weight excluding hydrogens is 256 g/mol. The van der Waals surface area contributed by atoms with Gasteiger partial charge in [-0.3, -0.25) is 10.2 Å². The molecule has 6 heteroatoms. The first-order chi connectivity index (χ1) is 8.56. The highest BCUT2D eigenvalue weighted by Gasteiger charge is 2.17. The van der Waals surface area contributed by atoms with Gasteiger partial charge in [-0.15, -0.1) is 0 Å². The van der Waals surface area contributed by atoms with Crippen LogP contribution in [0.3, 0.4) is 0 Å². The summed E-state index contributed by atoms with van der Waals surface area (Å²) >= 11 is 6.03. The van der Waals surface area contributed by atoms with Crippen LogP contribution in [0, 0.1) is 0 Å². The van der Waals surface area contributed by atoms with E-state index in [0.717, 1.165) is 5.56 Å². The molecule has 0 saturated heterocycles. The number of nitrogens with zero attached hydrogens (tertiary/aromatic N) is 1. The van der Waals surface area contributed by atoms with E-state index in [1.54, 1.807) is 37.3 Å². The first kappa shape index (κ1) is 12.7. The third-order valence-electron chi connectivity index (χ3n) is 2.21. The summed E-state index contributed by atoms with van der Waals surface area (Å²) in [6.45, 7) is 0.170. The van der Waals surface area contributed by atoms with Gasteiger partial charge in [0, 0.05) is 20.2 Å². The molecular formula is C12H13ClN2O3. The van der Waals surface area contributed by atoms with Crippen molar-refractivity contribution in [3.8, 4) is 11.5 Å². The third kappa shape index (κ3) is 2.94. The molecule has 0 aromatic heterocycles. The Kier molecular flexibility index (Phi) is 3.74. The maximum atomic E-state index is 11.4.